The summed E-state index contributed by atoms with van der Waals surface area (Å²) in [5.41, 5.74) is -0.637. The highest BCUT2D eigenvalue weighted by Crippen LogP contribution is 2.60. The SMILES string of the molecule is COC1(O)C[C@H]2CC(=O)C(C)C(C)[C@@]2(C)CC1(F)F. The van der Waals surface area contributed by atoms with Crippen molar-refractivity contribution in [1.82, 2.24) is 0 Å². The molecule has 0 aromatic rings. The fourth-order valence-corrected chi connectivity index (χ4v) is 3.83. The highest BCUT2D eigenvalue weighted by Gasteiger charge is 2.66. The molecule has 2 aliphatic carbocycles. The molecule has 0 aliphatic heterocycles. The number of fused-ring (bicyclic) bond motifs is 1. The molecule has 5 atom stereocenters. The molecule has 0 aromatic heterocycles. The lowest BCUT2D eigenvalue weighted by atomic mass is 9.51. The molecule has 0 bridgehead atoms. The van der Waals surface area contributed by atoms with Gasteiger partial charge in [0.25, 0.3) is 0 Å². The van der Waals surface area contributed by atoms with Crippen LogP contribution >= 0.6 is 0 Å². The molecular weight excluding hydrogens is 254 g/mol. The van der Waals surface area contributed by atoms with Crippen LogP contribution in [0.25, 0.3) is 0 Å². The van der Waals surface area contributed by atoms with Gasteiger partial charge < -0.3 is 9.84 Å². The van der Waals surface area contributed by atoms with Crippen LogP contribution in [-0.4, -0.2) is 29.7 Å². The molecule has 0 heterocycles. The number of carbonyl (C=O) groups is 1. The van der Waals surface area contributed by atoms with Gasteiger partial charge in [-0.1, -0.05) is 20.8 Å². The highest BCUT2D eigenvalue weighted by molar-refractivity contribution is 5.82. The second-order valence-electron chi connectivity index (χ2n) is 6.52. The largest absolute Gasteiger partial charge is 0.361 e. The number of rotatable bonds is 1. The van der Waals surface area contributed by atoms with Gasteiger partial charge in [0.2, 0.25) is 5.79 Å². The van der Waals surface area contributed by atoms with E-state index in [-0.39, 0.29) is 36.4 Å². The molecule has 0 aromatic carbocycles. The van der Waals surface area contributed by atoms with Crippen LogP contribution in [0.3, 0.4) is 0 Å². The van der Waals surface area contributed by atoms with Crippen LogP contribution in [0, 0.1) is 23.2 Å². The third kappa shape index (κ3) is 1.93. The Hall–Kier alpha value is -0.550. The Bertz CT molecular complexity index is 398. The van der Waals surface area contributed by atoms with Crippen molar-refractivity contribution >= 4 is 5.78 Å². The number of aliphatic hydroxyl groups is 1. The van der Waals surface area contributed by atoms with E-state index in [0.29, 0.717) is 0 Å². The number of halogens is 2. The van der Waals surface area contributed by atoms with Gasteiger partial charge in [0.1, 0.15) is 5.78 Å². The summed E-state index contributed by atoms with van der Waals surface area (Å²) in [6.45, 7) is 5.49. The van der Waals surface area contributed by atoms with Gasteiger partial charge in [0.15, 0.2) is 0 Å². The molecular formula is C14H22F2O3. The fraction of sp³-hybridized carbons (Fsp3) is 0.929. The van der Waals surface area contributed by atoms with E-state index in [9.17, 15) is 18.7 Å². The monoisotopic (exact) mass is 276 g/mol. The first-order valence-corrected chi connectivity index (χ1v) is 6.75. The number of carbonyl (C=O) groups excluding carboxylic acids is 1. The summed E-state index contributed by atoms with van der Waals surface area (Å²) in [5, 5.41) is 10.0. The Morgan fingerprint density at radius 1 is 1.37 bits per heavy atom. The lowest BCUT2D eigenvalue weighted by Crippen LogP contribution is -2.63. The Labute approximate surface area is 112 Å². The lowest BCUT2D eigenvalue weighted by Gasteiger charge is -2.56. The van der Waals surface area contributed by atoms with Crippen molar-refractivity contribution in [2.45, 2.75) is 51.7 Å². The predicted molar refractivity (Wildman–Crippen MR) is 65.7 cm³/mol. The molecule has 19 heavy (non-hydrogen) atoms. The minimum Gasteiger partial charge on any atom is -0.361 e. The summed E-state index contributed by atoms with van der Waals surface area (Å²) in [4.78, 5) is 12.0. The summed E-state index contributed by atoms with van der Waals surface area (Å²) in [6, 6.07) is 0. The zero-order valence-electron chi connectivity index (χ0n) is 11.9. The van der Waals surface area contributed by atoms with E-state index in [2.05, 4.69) is 4.74 Å². The fourth-order valence-electron chi connectivity index (χ4n) is 3.83. The second-order valence-corrected chi connectivity index (χ2v) is 6.52. The van der Waals surface area contributed by atoms with Crippen molar-refractivity contribution in [2.75, 3.05) is 7.11 Å². The Balaban J connectivity index is 2.39. The van der Waals surface area contributed by atoms with Crippen LogP contribution in [0.4, 0.5) is 8.78 Å². The minimum absolute atomic E-state index is 0.0960. The van der Waals surface area contributed by atoms with Gasteiger partial charge in [0.05, 0.1) is 0 Å². The maximum atomic E-state index is 14.2. The first kappa shape index (κ1) is 14.9. The van der Waals surface area contributed by atoms with Crippen molar-refractivity contribution in [2.24, 2.45) is 23.2 Å². The van der Waals surface area contributed by atoms with E-state index in [4.69, 9.17) is 0 Å². The molecule has 2 aliphatic rings. The van der Waals surface area contributed by atoms with Crippen molar-refractivity contribution in [3.63, 3.8) is 0 Å². The van der Waals surface area contributed by atoms with Gasteiger partial charge in [-0.3, -0.25) is 4.79 Å². The summed E-state index contributed by atoms with van der Waals surface area (Å²) in [6.07, 6.45) is -0.368. The van der Waals surface area contributed by atoms with Crippen LogP contribution in [-0.2, 0) is 9.53 Å². The molecule has 2 rings (SSSR count). The van der Waals surface area contributed by atoms with Crippen LogP contribution in [0.1, 0.15) is 40.0 Å². The minimum atomic E-state index is -3.29. The average molecular weight is 276 g/mol. The maximum absolute atomic E-state index is 14.2. The van der Waals surface area contributed by atoms with Gasteiger partial charge >= 0.3 is 5.92 Å². The molecule has 3 nitrogen and oxygen atoms in total. The predicted octanol–water partition coefficient (Wildman–Crippen LogP) is 2.62. The lowest BCUT2D eigenvalue weighted by molar-refractivity contribution is -0.351. The van der Waals surface area contributed by atoms with Crippen molar-refractivity contribution in [3.8, 4) is 0 Å². The molecule has 0 saturated heterocycles. The number of hydrogen-bond donors (Lipinski definition) is 1. The number of methoxy groups -OCH3 is 1. The van der Waals surface area contributed by atoms with Gasteiger partial charge in [-0.05, 0) is 17.3 Å². The highest BCUT2D eigenvalue weighted by atomic mass is 19.3. The molecule has 2 fully saturated rings. The van der Waals surface area contributed by atoms with Crippen LogP contribution in [0.15, 0.2) is 0 Å². The quantitative estimate of drug-likeness (QED) is 0.749. The Morgan fingerprint density at radius 3 is 2.47 bits per heavy atom. The first-order valence-electron chi connectivity index (χ1n) is 6.75. The summed E-state index contributed by atoms with van der Waals surface area (Å²) >= 11 is 0. The van der Waals surface area contributed by atoms with Gasteiger partial charge in [-0.25, -0.2) is 8.78 Å². The third-order valence-electron chi connectivity index (χ3n) is 5.71. The number of hydrogen-bond acceptors (Lipinski definition) is 3. The average Bonchev–Trinajstić information content (AvgIpc) is 2.31. The van der Waals surface area contributed by atoms with E-state index in [0.717, 1.165) is 7.11 Å². The van der Waals surface area contributed by atoms with E-state index < -0.39 is 23.5 Å². The number of Topliss-reactive ketones (excluding diaryl/α,β-unsaturated/α-hetero) is 1. The summed E-state index contributed by atoms with van der Waals surface area (Å²) in [5.74, 6) is -6.22. The summed E-state index contributed by atoms with van der Waals surface area (Å²) < 4.78 is 33.1. The maximum Gasteiger partial charge on any atom is 0.301 e. The Kier molecular flexibility index (Phi) is 3.30. The standard InChI is InChI=1S/C14H22F2O3/c1-8-9(2)12(3)7-13(15,16)14(18,19-4)6-10(12)5-11(8)17/h8-10,18H,5-7H2,1-4H3/t8?,9?,10-,12-,14?/m1/s1. The van der Waals surface area contributed by atoms with Crippen molar-refractivity contribution in [3.05, 3.63) is 0 Å². The molecule has 0 spiro atoms. The van der Waals surface area contributed by atoms with Crippen molar-refractivity contribution < 1.29 is 23.4 Å². The zero-order valence-corrected chi connectivity index (χ0v) is 11.9. The summed E-state index contributed by atoms with van der Waals surface area (Å²) in [7, 11) is 1.09. The van der Waals surface area contributed by atoms with Crippen LogP contribution in [0.5, 0.6) is 0 Å². The second kappa shape index (κ2) is 4.22. The number of ether oxygens (including phenoxy) is 1. The third-order valence-corrected chi connectivity index (χ3v) is 5.71. The van der Waals surface area contributed by atoms with E-state index in [1.165, 1.54) is 0 Å². The van der Waals surface area contributed by atoms with Gasteiger partial charge in [-0.15, -0.1) is 0 Å². The van der Waals surface area contributed by atoms with E-state index >= 15 is 0 Å². The number of alkyl halides is 2. The van der Waals surface area contributed by atoms with Crippen molar-refractivity contribution in [1.29, 1.82) is 0 Å². The van der Waals surface area contributed by atoms with E-state index in [1.807, 2.05) is 20.8 Å². The molecule has 3 unspecified atom stereocenters. The van der Waals surface area contributed by atoms with Crippen LogP contribution in [0.2, 0.25) is 0 Å². The molecule has 2 saturated carbocycles. The molecule has 5 heteroatoms. The zero-order chi connectivity index (χ0) is 14.6. The first-order chi connectivity index (χ1) is 8.57. The topological polar surface area (TPSA) is 46.5 Å². The molecule has 0 amide bonds. The smallest absolute Gasteiger partial charge is 0.301 e. The normalized spacial score (nSPS) is 49.8. The van der Waals surface area contributed by atoms with Gasteiger partial charge in [0, 0.05) is 32.3 Å². The van der Waals surface area contributed by atoms with E-state index in [1.54, 1.807) is 0 Å². The Morgan fingerprint density at radius 2 is 1.95 bits per heavy atom. The van der Waals surface area contributed by atoms with Crippen LogP contribution < -0.4 is 0 Å². The molecule has 0 radical (unpaired) electrons. The molecule has 1 N–H and O–H groups in total. The molecule has 110 valence electrons. The van der Waals surface area contributed by atoms with Gasteiger partial charge in [-0.2, -0.15) is 0 Å². The number of ketones is 1.